The summed E-state index contributed by atoms with van der Waals surface area (Å²) in [6, 6.07) is 5.61. The molecule has 2 heterocycles. The van der Waals surface area contributed by atoms with Crippen LogP contribution in [0.1, 0.15) is 42.9 Å². The molecule has 1 aliphatic heterocycles. The molecule has 1 fully saturated rings. The fraction of sp³-hybridized carbons (Fsp3) is 0.579. The van der Waals surface area contributed by atoms with Crippen molar-refractivity contribution >= 4 is 16.9 Å². The Kier molecular flexibility index (Phi) is 5.19. The quantitative estimate of drug-likeness (QED) is 0.830. The Bertz CT molecular complexity index is 698. The molecule has 3 rings (SSSR count). The first-order valence-electron chi connectivity index (χ1n) is 8.98. The highest BCUT2D eigenvalue weighted by molar-refractivity contribution is 5.97. The second kappa shape index (κ2) is 7.34. The molecule has 0 saturated carbocycles. The van der Waals surface area contributed by atoms with Crippen molar-refractivity contribution in [2.75, 3.05) is 26.2 Å². The predicted molar refractivity (Wildman–Crippen MR) is 97.2 cm³/mol. The Morgan fingerprint density at radius 3 is 2.83 bits per heavy atom. The third-order valence-electron chi connectivity index (χ3n) is 4.74. The normalized spacial score (nSPS) is 22.0. The highest BCUT2D eigenvalue weighted by Gasteiger charge is 2.21. The number of nitrogens with zero attached hydrogens (tertiary/aromatic N) is 2. The van der Waals surface area contributed by atoms with Gasteiger partial charge in [-0.05, 0) is 56.3 Å². The van der Waals surface area contributed by atoms with Crippen LogP contribution in [0.4, 0.5) is 0 Å². The van der Waals surface area contributed by atoms with Crippen molar-refractivity contribution in [2.24, 2.45) is 11.8 Å². The van der Waals surface area contributed by atoms with Gasteiger partial charge in [0.25, 0.3) is 5.91 Å². The molecule has 2 aromatic rings. The summed E-state index contributed by atoms with van der Waals surface area (Å²) in [5.41, 5.74) is 2.50. The fourth-order valence-corrected chi connectivity index (χ4v) is 3.86. The van der Waals surface area contributed by atoms with Gasteiger partial charge in [-0.15, -0.1) is 0 Å². The van der Waals surface area contributed by atoms with Crippen LogP contribution in [0, 0.1) is 18.8 Å². The van der Waals surface area contributed by atoms with Crippen LogP contribution in [0.25, 0.3) is 11.0 Å². The SMILES string of the molecule is Cc1nc2ccc(C(=O)NCCCN3CC(C)CC(C)C3)cc2[nH]1. The molecule has 1 aromatic heterocycles. The van der Waals surface area contributed by atoms with Crippen LogP contribution in [-0.2, 0) is 0 Å². The van der Waals surface area contributed by atoms with E-state index in [2.05, 4.69) is 34.0 Å². The van der Waals surface area contributed by atoms with E-state index in [1.807, 2.05) is 25.1 Å². The molecule has 0 spiro atoms. The highest BCUT2D eigenvalue weighted by Crippen LogP contribution is 2.20. The van der Waals surface area contributed by atoms with Gasteiger partial charge in [0.15, 0.2) is 0 Å². The minimum atomic E-state index is -0.00969. The van der Waals surface area contributed by atoms with Crippen LogP contribution < -0.4 is 5.32 Å². The summed E-state index contributed by atoms with van der Waals surface area (Å²) in [5.74, 6) is 2.43. The van der Waals surface area contributed by atoms with Gasteiger partial charge in [0.05, 0.1) is 11.0 Å². The number of carbonyl (C=O) groups excluding carboxylic acids is 1. The average molecular weight is 328 g/mol. The summed E-state index contributed by atoms with van der Waals surface area (Å²) < 4.78 is 0. The number of imidazole rings is 1. The minimum absolute atomic E-state index is 0.00969. The number of aromatic amines is 1. The number of fused-ring (bicyclic) bond motifs is 1. The third-order valence-corrected chi connectivity index (χ3v) is 4.74. The predicted octanol–water partition coefficient (Wildman–Crippen LogP) is 2.97. The zero-order valence-electron chi connectivity index (χ0n) is 14.9. The van der Waals surface area contributed by atoms with Gasteiger partial charge in [0, 0.05) is 25.2 Å². The van der Waals surface area contributed by atoms with Crippen molar-refractivity contribution in [1.29, 1.82) is 0 Å². The zero-order valence-corrected chi connectivity index (χ0v) is 14.9. The van der Waals surface area contributed by atoms with Gasteiger partial charge in [-0.2, -0.15) is 0 Å². The molecule has 0 aliphatic carbocycles. The molecular formula is C19H28N4O. The molecule has 130 valence electrons. The lowest BCUT2D eigenvalue weighted by Gasteiger charge is -2.34. The molecular weight excluding hydrogens is 300 g/mol. The van der Waals surface area contributed by atoms with Gasteiger partial charge in [-0.3, -0.25) is 4.79 Å². The Balaban J connectivity index is 1.46. The van der Waals surface area contributed by atoms with Crippen LogP contribution in [-0.4, -0.2) is 47.0 Å². The average Bonchev–Trinajstić information content (AvgIpc) is 2.89. The molecule has 1 amide bonds. The van der Waals surface area contributed by atoms with Crippen molar-refractivity contribution < 1.29 is 4.79 Å². The largest absolute Gasteiger partial charge is 0.352 e. The lowest BCUT2D eigenvalue weighted by molar-refractivity contribution is 0.0947. The Hall–Kier alpha value is -1.88. The number of rotatable bonds is 5. The van der Waals surface area contributed by atoms with Gasteiger partial charge in [0.2, 0.25) is 0 Å². The van der Waals surface area contributed by atoms with Crippen LogP contribution in [0.3, 0.4) is 0 Å². The van der Waals surface area contributed by atoms with Gasteiger partial charge in [-0.1, -0.05) is 13.8 Å². The Labute approximate surface area is 143 Å². The van der Waals surface area contributed by atoms with Crippen LogP contribution >= 0.6 is 0 Å². The van der Waals surface area contributed by atoms with Crippen molar-refractivity contribution in [1.82, 2.24) is 20.2 Å². The number of amides is 1. The lowest BCUT2D eigenvalue weighted by atomic mass is 9.92. The molecule has 1 aromatic carbocycles. The number of likely N-dealkylation sites (tertiary alicyclic amines) is 1. The molecule has 2 atom stereocenters. The Morgan fingerprint density at radius 2 is 2.08 bits per heavy atom. The maximum Gasteiger partial charge on any atom is 0.251 e. The Morgan fingerprint density at radius 1 is 1.33 bits per heavy atom. The first-order chi connectivity index (χ1) is 11.5. The number of hydrogen-bond donors (Lipinski definition) is 2. The van der Waals surface area contributed by atoms with Crippen molar-refractivity contribution in [2.45, 2.75) is 33.6 Å². The molecule has 2 unspecified atom stereocenters. The fourth-order valence-electron chi connectivity index (χ4n) is 3.86. The van der Waals surface area contributed by atoms with Crippen molar-refractivity contribution in [3.63, 3.8) is 0 Å². The smallest absolute Gasteiger partial charge is 0.251 e. The second-order valence-electron chi connectivity index (χ2n) is 7.37. The topological polar surface area (TPSA) is 61.0 Å². The van der Waals surface area contributed by atoms with E-state index in [-0.39, 0.29) is 5.91 Å². The second-order valence-corrected chi connectivity index (χ2v) is 7.37. The summed E-state index contributed by atoms with van der Waals surface area (Å²) in [7, 11) is 0. The third kappa shape index (κ3) is 4.15. The van der Waals surface area contributed by atoms with Crippen LogP contribution in [0.2, 0.25) is 0 Å². The molecule has 0 bridgehead atoms. The first-order valence-corrected chi connectivity index (χ1v) is 8.98. The molecule has 1 aliphatic rings. The zero-order chi connectivity index (χ0) is 17.1. The number of H-pyrrole nitrogens is 1. The monoisotopic (exact) mass is 328 g/mol. The van der Waals surface area contributed by atoms with E-state index in [1.165, 1.54) is 19.5 Å². The first kappa shape index (κ1) is 17.0. The maximum absolute atomic E-state index is 12.3. The maximum atomic E-state index is 12.3. The van der Waals surface area contributed by atoms with Gasteiger partial charge >= 0.3 is 0 Å². The number of benzene rings is 1. The van der Waals surface area contributed by atoms with Crippen molar-refractivity contribution in [3.05, 3.63) is 29.6 Å². The number of hydrogen-bond acceptors (Lipinski definition) is 3. The van der Waals surface area contributed by atoms with E-state index in [4.69, 9.17) is 0 Å². The summed E-state index contributed by atoms with van der Waals surface area (Å²) in [5, 5.41) is 3.03. The summed E-state index contributed by atoms with van der Waals surface area (Å²) >= 11 is 0. The number of aromatic nitrogens is 2. The molecule has 2 N–H and O–H groups in total. The highest BCUT2D eigenvalue weighted by atomic mass is 16.1. The number of aryl methyl sites for hydroxylation is 1. The van der Waals surface area contributed by atoms with Crippen molar-refractivity contribution in [3.8, 4) is 0 Å². The molecule has 5 heteroatoms. The number of piperidine rings is 1. The minimum Gasteiger partial charge on any atom is -0.352 e. The van der Waals surface area contributed by atoms with Gasteiger partial charge < -0.3 is 15.2 Å². The van der Waals surface area contributed by atoms with E-state index in [1.54, 1.807) is 0 Å². The van der Waals surface area contributed by atoms with Gasteiger partial charge in [-0.25, -0.2) is 4.98 Å². The molecule has 1 saturated heterocycles. The van der Waals surface area contributed by atoms with E-state index >= 15 is 0 Å². The van der Waals surface area contributed by atoms with E-state index < -0.39 is 0 Å². The van der Waals surface area contributed by atoms with Crippen LogP contribution in [0.5, 0.6) is 0 Å². The van der Waals surface area contributed by atoms with Gasteiger partial charge in [0.1, 0.15) is 5.82 Å². The summed E-state index contributed by atoms with van der Waals surface area (Å²) in [6.45, 7) is 10.7. The summed E-state index contributed by atoms with van der Waals surface area (Å²) in [4.78, 5) is 22.4. The lowest BCUT2D eigenvalue weighted by Crippen LogP contribution is -2.40. The van der Waals surface area contributed by atoms with Crippen LogP contribution in [0.15, 0.2) is 18.2 Å². The summed E-state index contributed by atoms with van der Waals surface area (Å²) in [6.07, 6.45) is 2.33. The standard InChI is InChI=1S/C19H28N4O/c1-13-9-14(2)12-23(11-13)8-4-7-20-19(24)16-5-6-17-18(10-16)22-15(3)21-17/h5-6,10,13-14H,4,7-9,11-12H2,1-3H3,(H,20,24)(H,21,22). The molecule has 24 heavy (non-hydrogen) atoms. The van der Waals surface area contributed by atoms with E-state index in [0.717, 1.165) is 48.2 Å². The molecule has 0 radical (unpaired) electrons. The number of nitrogens with one attached hydrogen (secondary N) is 2. The van der Waals surface area contributed by atoms with E-state index in [0.29, 0.717) is 5.56 Å². The molecule has 5 nitrogen and oxygen atoms in total. The number of carbonyl (C=O) groups is 1. The van der Waals surface area contributed by atoms with E-state index in [9.17, 15) is 4.79 Å².